The molecule has 0 spiro atoms. The summed E-state index contributed by atoms with van der Waals surface area (Å²) in [4.78, 5) is 19.0. The third-order valence-corrected chi connectivity index (χ3v) is 5.17. The zero-order valence-corrected chi connectivity index (χ0v) is 15.3. The summed E-state index contributed by atoms with van der Waals surface area (Å²) in [6, 6.07) is 5.87. The molecule has 3 rings (SSSR count). The van der Waals surface area contributed by atoms with E-state index in [1.54, 1.807) is 16.2 Å². The Morgan fingerprint density at radius 1 is 1.36 bits per heavy atom. The zero-order valence-electron chi connectivity index (χ0n) is 14.4. The maximum atomic E-state index is 12.8. The van der Waals surface area contributed by atoms with E-state index in [9.17, 15) is 9.90 Å². The minimum Gasteiger partial charge on any atom is -0.467 e. The van der Waals surface area contributed by atoms with Crippen molar-refractivity contribution < 1.29 is 19.1 Å². The third kappa shape index (κ3) is 4.92. The normalized spacial score (nSPS) is 15.4. The number of nitrogens with zero attached hydrogens (tertiary/aromatic N) is 2. The van der Waals surface area contributed by atoms with E-state index >= 15 is 0 Å². The second-order valence-corrected chi connectivity index (χ2v) is 7.53. The number of carbonyl (C=O) groups is 1. The molecule has 0 saturated carbocycles. The van der Waals surface area contributed by atoms with Gasteiger partial charge in [-0.15, -0.1) is 11.3 Å². The standard InChI is InChI=1S/C18H24N2O4S/c1-14-2-3-17(25-14)12-20(4-7-21)18(22)15-10-16(24-13-15)11-19-5-8-23-9-6-19/h2-3,10,13,21H,4-9,11-12H2,1H3. The van der Waals surface area contributed by atoms with Gasteiger partial charge in [0, 0.05) is 29.4 Å². The van der Waals surface area contributed by atoms with E-state index in [1.165, 1.54) is 11.1 Å². The Balaban J connectivity index is 1.64. The number of amides is 1. The maximum Gasteiger partial charge on any atom is 0.257 e. The Kier molecular flexibility index (Phi) is 6.25. The van der Waals surface area contributed by atoms with Gasteiger partial charge in [-0.3, -0.25) is 9.69 Å². The predicted octanol–water partition coefficient (Wildman–Crippen LogP) is 2.12. The molecule has 136 valence electrons. The molecule has 2 aromatic heterocycles. The Bertz CT molecular complexity index is 691. The SMILES string of the molecule is Cc1ccc(CN(CCO)C(=O)c2coc(CN3CCOCC3)c2)s1. The summed E-state index contributed by atoms with van der Waals surface area (Å²) < 4.78 is 10.9. The predicted molar refractivity (Wildman–Crippen MR) is 95.7 cm³/mol. The first-order valence-corrected chi connectivity index (χ1v) is 9.30. The molecular formula is C18H24N2O4S. The highest BCUT2D eigenvalue weighted by Crippen LogP contribution is 2.19. The molecule has 1 saturated heterocycles. The minimum atomic E-state index is -0.114. The van der Waals surface area contributed by atoms with Crippen molar-refractivity contribution in [1.82, 2.24) is 9.80 Å². The lowest BCUT2D eigenvalue weighted by Gasteiger charge is -2.25. The van der Waals surface area contributed by atoms with Crippen molar-refractivity contribution in [2.45, 2.75) is 20.0 Å². The van der Waals surface area contributed by atoms with Crippen LogP contribution in [0, 0.1) is 6.92 Å². The molecule has 0 radical (unpaired) electrons. The molecule has 0 bridgehead atoms. The smallest absolute Gasteiger partial charge is 0.257 e. The van der Waals surface area contributed by atoms with Crippen LogP contribution in [0.15, 0.2) is 28.9 Å². The molecule has 2 aromatic rings. The van der Waals surface area contributed by atoms with Crippen LogP contribution in [0.3, 0.4) is 0 Å². The molecule has 0 aromatic carbocycles. The van der Waals surface area contributed by atoms with E-state index in [1.807, 2.05) is 25.1 Å². The summed E-state index contributed by atoms with van der Waals surface area (Å²) in [5.41, 5.74) is 0.532. The van der Waals surface area contributed by atoms with Crippen LogP contribution in [0.4, 0.5) is 0 Å². The second-order valence-electron chi connectivity index (χ2n) is 6.15. The van der Waals surface area contributed by atoms with Crippen LogP contribution >= 0.6 is 11.3 Å². The molecule has 1 aliphatic rings. The lowest BCUT2D eigenvalue weighted by molar-refractivity contribution is 0.0313. The van der Waals surface area contributed by atoms with Crippen molar-refractivity contribution in [2.24, 2.45) is 0 Å². The minimum absolute atomic E-state index is 0.0609. The van der Waals surface area contributed by atoms with E-state index in [2.05, 4.69) is 4.90 Å². The van der Waals surface area contributed by atoms with Crippen molar-refractivity contribution in [3.63, 3.8) is 0 Å². The number of hydrogen-bond acceptors (Lipinski definition) is 6. The third-order valence-electron chi connectivity index (χ3n) is 4.18. The Morgan fingerprint density at radius 3 is 2.84 bits per heavy atom. The highest BCUT2D eigenvalue weighted by Gasteiger charge is 2.20. The highest BCUT2D eigenvalue weighted by atomic mass is 32.1. The van der Waals surface area contributed by atoms with Crippen molar-refractivity contribution in [2.75, 3.05) is 39.5 Å². The summed E-state index contributed by atoms with van der Waals surface area (Å²) in [5.74, 6) is 0.665. The van der Waals surface area contributed by atoms with Crippen LogP contribution in [0.5, 0.6) is 0 Å². The molecule has 0 aliphatic carbocycles. The Morgan fingerprint density at radius 2 is 2.16 bits per heavy atom. The molecule has 3 heterocycles. The first kappa shape index (κ1) is 18.1. The van der Waals surface area contributed by atoms with Gasteiger partial charge in [0.1, 0.15) is 12.0 Å². The number of furan rings is 1. The average molecular weight is 364 g/mol. The summed E-state index contributed by atoms with van der Waals surface area (Å²) in [5, 5.41) is 9.30. The first-order valence-electron chi connectivity index (χ1n) is 8.48. The number of rotatable bonds is 7. The fraction of sp³-hybridized carbons (Fsp3) is 0.500. The maximum absolute atomic E-state index is 12.8. The van der Waals surface area contributed by atoms with Gasteiger partial charge in [0.2, 0.25) is 0 Å². The largest absolute Gasteiger partial charge is 0.467 e. The molecule has 1 amide bonds. The number of aliphatic hydroxyl groups is 1. The van der Waals surface area contributed by atoms with Crippen LogP contribution in [-0.2, 0) is 17.8 Å². The molecule has 1 aliphatic heterocycles. The first-order chi connectivity index (χ1) is 12.2. The van der Waals surface area contributed by atoms with Crippen molar-refractivity contribution >= 4 is 17.2 Å². The van der Waals surface area contributed by atoms with Gasteiger partial charge in [0.05, 0.1) is 38.5 Å². The Hall–Kier alpha value is -1.67. The molecule has 1 N–H and O–H groups in total. The van der Waals surface area contributed by atoms with Crippen molar-refractivity contribution in [3.05, 3.63) is 45.5 Å². The van der Waals surface area contributed by atoms with Crippen molar-refractivity contribution in [1.29, 1.82) is 0 Å². The van der Waals surface area contributed by atoms with E-state index in [-0.39, 0.29) is 12.5 Å². The van der Waals surface area contributed by atoms with Gasteiger partial charge >= 0.3 is 0 Å². The molecule has 6 nitrogen and oxygen atoms in total. The van der Waals surface area contributed by atoms with Gasteiger partial charge in [-0.05, 0) is 25.1 Å². The number of ether oxygens (including phenoxy) is 1. The van der Waals surface area contributed by atoms with E-state index in [4.69, 9.17) is 9.15 Å². The van der Waals surface area contributed by atoms with E-state index in [0.717, 1.165) is 36.9 Å². The second kappa shape index (κ2) is 8.62. The molecule has 0 atom stereocenters. The number of aliphatic hydroxyl groups excluding tert-OH is 1. The number of morpholine rings is 1. The van der Waals surface area contributed by atoms with Gasteiger partial charge in [0.25, 0.3) is 5.91 Å². The quantitative estimate of drug-likeness (QED) is 0.815. The Labute approximate surface area is 151 Å². The number of aryl methyl sites for hydroxylation is 1. The zero-order chi connectivity index (χ0) is 17.6. The summed E-state index contributed by atoms with van der Waals surface area (Å²) in [7, 11) is 0. The fourth-order valence-electron chi connectivity index (χ4n) is 2.87. The molecule has 0 unspecified atom stereocenters. The fourth-order valence-corrected chi connectivity index (χ4v) is 3.78. The number of thiophene rings is 1. The van der Waals surface area contributed by atoms with Crippen LogP contribution in [0.1, 0.15) is 25.9 Å². The van der Waals surface area contributed by atoms with Gasteiger partial charge in [0.15, 0.2) is 0 Å². The summed E-state index contributed by atoms with van der Waals surface area (Å²) >= 11 is 1.67. The van der Waals surface area contributed by atoms with Gasteiger partial charge < -0.3 is 19.2 Å². The highest BCUT2D eigenvalue weighted by molar-refractivity contribution is 7.11. The molecular weight excluding hydrogens is 340 g/mol. The van der Waals surface area contributed by atoms with Crippen molar-refractivity contribution in [3.8, 4) is 0 Å². The molecule has 7 heteroatoms. The topological polar surface area (TPSA) is 66.2 Å². The van der Waals surface area contributed by atoms with Crippen LogP contribution < -0.4 is 0 Å². The summed E-state index contributed by atoms with van der Waals surface area (Å²) in [6.07, 6.45) is 1.52. The van der Waals surface area contributed by atoms with E-state index in [0.29, 0.717) is 25.2 Å². The van der Waals surface area contributed by atoms with Gasteiger partial charge in [-0.2, -0.15) is 0 Å². The van der Waals surface area contributed by atoms with Crippen LogP contribution in [0.2, 0.25) is 0 Å². The lowest BCUT2D eigenvalue weighted by Crippen LogP contribution is -2.35. The lowest BCUT2D eigenvalue weighted by atomic mass is 10.2. The summed E-state index contributed by atoms with van der Waals surface area (Å²) in [6.45, 7) is 6.68. The van der Waals surface area contributed by atoms with Crippen LogP contribution in [-0.4, -0.2) is 60.3 Å². The molecule has 25 heavy (non-hydrogen) atoms. The van der Waals surface area contributed by atoms with Gasteiger partial charge in [-0.25, -0.2) is 0 Å². The number of carbonyl (C=O) groups excluding carboxylic acids is 1. The van der Waals surface area contributed by atoms with E-state index < -0.39 is 0 Å². The van der Waals surface area contributed by atoms with Crippen LogP contribution in [0.25, 0.3) is 0 Å². The van der Waals surface area contributed by atoms with Gasteiger partial charge in [-0.1, -0.05) is 0 Å². The monoisotopic (exact) mass is 364 g/mol. The molecule has 1 fully saturated rings. The average Bonchev–Trinajstić information content (AvgIpc) is 3.24. The number of hydrogen-bond donors (Lipinski definition) is 1.